The molecule has 1 aromatic rings. The van der Waals surface area contributed by atoms with Gasteiger partial charge in [-0.2, -0.15) is 5.10 Å². The van der Waals surface area contributed by atoms with Gasteiger partial charge in [-0.15, -0.1) is 0 Å². The summed E-state index contributed by atoms with van der Waals surface area (Å²) in [5.41, 5.74) is 0. The molecule has 1 aromatic heterocycles. The average Bonchev–Trinajstić information content (AvgIpc) is 2.92. The fourth-order valence-electron chi connectivity index (χ4n) is 3.73. The van der Waals surface area contributed by atoms with Crippen molar-refractivity contribution in [3.63, 3.8) is 0 Å². The van der Waals surface area contributed by atoms with Gasteiger partial charge in [0, 0.05) is 37.4 Å². The van der Waals surface area contributed by atoms with Crippen LogP contribution in [0.1, 0.15) is 70.4 Å². The number of aromatic nitrogens is 3. The summed E-state index contributed by atoms with van der Waals surface area (Å²) >= 11 is 0. The summed E-state index contributed by atoms with van der Waals surface area (Å²) in [5.74, 6) is 2.59. The monoisotopic (exact) mass is 319 g/mol. The molecule has 0 saturated heterocycles. The zero-order valence-corrected chi connectivity index (χ0v) is 14.5. The molecule has 0 aromatic carbocycles. The van der Waals surface area contributed by atoms with Gasteiger partial charge in [-0.3, -0.25) is 4.79 Å². The lowest BCUT2D eigenvalue weighted by molar-refractivity contribution is -0.119. The van der Waals surface area contributed by atoms with E-state index in [1.54, 1.807) is 6.92 Å². The van der Waals surface area contributed by atoms with Gasteiger partial charge < -0.3 is 10.6 Å². The van der Waals surface area contributed by atoms with Crippen LogP contribution in [0.2, 0.25) is 0 Å². The second kappa shape index (κ2) is 6.99. The van der Waals surface area contributed by atoms with E-state index in [4.69, 9.17) is 0 Å². The van der Waals surface area contributed by atoms with Crippen molar-refractivity contribution in [3.05, 3.63) is 11.6 Å². The molecule has 0 radical (unpaired) electrons. The lowest BCUT2D eigenvalue weighted by atomic mass is 9.90. The van der Waals surface area contributed by atoms with Crippen molar-refractivity contribution in [1.82, 2.24) is 25.4 Å². The Bertz CT molecular complexity index is 545. The average molecular weight is 319 g/mol. The van der Waals surface area contributed by atoms with Crippen LogP contribution in [0.15, 0.2) is 0 Å². The van der Waals surface area contributed by atoms with Crippen LogP contribution in [0.5, 0.6) is 0 Å². The van der Waals surface area contributed by atoms with E-state index in [-0.39, 0.29) is 5.91 Å². The molecule has 1 atom stereocenters. The molecular formula is C17H29N5O. The Morgan fingerprint density at radius 2 is 1.83 bits per heavy atom. The molecular weight excluding hydrogens is 290 g/mol. The van der Waals surface area contributed by atoms with Gasteiger partial charge in [-0.1, -0.05) is 13.8 Å². The Morgan fingerprint density at radius 3 is 2.48 bits per heavy atom. The lowest BCUT2D eigenvalue weighted by Gasteiger charge is -2.33. The maximum Gasteiger partial charge on any atom is 0.217 e. The van der Waals surface area contributed by atoms with Crippen LogP contribution in [-0.4, -0.2) is 38.8 Å². The van der Waals surface area contributed by atoms with E-state index in [0.717, 1.165) is 56.7 Å². The predicted octanol–water partition coefficient (Wildman–Crippen LogP) is 1.75. The molecule has 6 nitrogen and oxygen atoms in total. The van der Waals surface area contributed by atoms with Gasteiger partial charge in [-0.25, -0.2) is 9.67 Å². The molecule has 1 aliphatic carbocycles. The number of hydrogen-bond acceptors (Lipinski definition) is 4. The molecule has 2 N–H and O–H groups in total. The van der Waals surface area contributed by atoms with Gasteiger partial charge >= 0.3 is 0 Å². The first-order valence-electron chi connectivity index (χ1n) is 8.98. The molecule has 0 bridgehead atoms. The van der Waals surface area contributed by atoms with Gasteiger partial charge in [0.15, 0.2) is 5.82 Å². The molecule has 0 unspecified atom stereocenters. The summed E-state index contributed by atoms with van der Waals surface area (Å²) in [5, 5.41) is 11.5. The van der Waals surface area contributed by atoms with Crippen LogP contribution < -0.4 is 10.6 Å². The lowest BCUT2D eigenvalue weighted by Crippen LogP contribution is -2.47. The first-order chi connectivity index (χ1) is 11.0. The highest BCUT2D eigenvalue weighted by molar-refractivity contribution is 5.73. The SMILES string of the molecule is CC(=O)NC1CCC(N[C@H]2CCc3nc(C(C)C)nn3C2)CC1. The van der Waals surface area contributed by atoms with Gasteiger partial charge in [0.1, 0.15) is 5.82 Å². The molecule has 2 heterocycles. The second-order valence-corrected chi connectivity index (χ2v) is 7.37. The van der Waals surface area contributed by atoms with Crippen LogP contribution in [-0.2, 0) is 17.8 Å². The van der Waals surface area contributed by atoms with Crippen molar-refractivity contribution < 1.29 is 4.79 Å². The Labute approximate surface area is 138 Å². The predicted molar refractivity (Wildman–Crippen MR) is 89.2 cm³/mol. The van der Waals surface area contributed by atoms with Crippen molar-refractivity contribution >= 4 is 5.91 Å². The molecule has 1 aliphatic heterocycles. The molecule has 3 rings (SSSR count). The second-order valence-electron chi connectivity index (χ2n) is 7.37. The quantitative estimate of drug-likeness (QED) is 0.887. The van der Waals surface area contributed by atoms with Crippen molar-refractivity contribution in [2.45, 2.75) is 89.9 Å². The van der Waals surface area contributed by atoms with E-state index in [9.17, 15) is 4.79 Å². The third-order valence-electron chi connectivity index (χ3n) is 5.00. The number of amides is 1. The maximum atomic E-state index is 11.1. The van der Waals surface area contributed by atoms with Crippen LogP contribution in [0.4, 0.5) is 0 Å². The van der Waals surface area contributed by atoms with E-state index < -0.39 is 0 Å². The molecule has 1 amide bonds. The summed E-state index contributed by atoms with van der Waals surface area (Å²) in [6.45, 7) is 6.82. The van der Waals surface area contributed by atoms with Crippen LogP contribution in [0, 0.1) is 0 Å². The van der Waals surface area contributed by atoms with E-state index in [0.29, 0.717) is 24.0 Å². The number of nitrogens with zero attached hydrogens (tertiary/aromatic N) is 3. The van der Waals surface area contributed by atoms with Crippen molar-refractivity contribution in [2.24, 2.45) is 0 Å². The van der Waals surface area contributed by atoms with Crippen LogP contribution in [0.25, 0.3) is 0 Å². The van der Waals surface area contributed by atoms with Crippen molar-refractivity contribution in [2.75, 3.05) is 0 Å². The number of fused-ring (bicyclic) bond motifs is 1. The number of hydrogen-bond donors (Lipinski definition) is 2. The van der Waals surface area contributed by atoms with Gasteiger partial charge in [0.05, 0.1) is 6.54 Å². The van der Waals surface area contributed by atoms with Crippen molar-refractivity contribution in [3.8, 4) is 0 Å². The molecule has 128 valence electrons. The fraction of sp³-hybridized carbons (Fsp3) is 0.824. The zero-order valence-electron chi connectivity index (χ0n) is 14.5. The molecule has 6 heteroatoms. The van der Waals surface area contributed by atoms with E-state index in [1.165, 1.54) is 0 Å². The Balaban J connectivity index is 1.49. The minimum Gasteiger partial charge on any atom is -0.354 e. The number of rotatable bonds is 4. The highest BCUT2D eigenvalue weighted by Crippen LogP contribution is 2.22. The van der Waals surface area contributed by atoms with E-state index in [2.05, 4.69) is 39.2 Å². The minimum atomic E-state index is 0.0911. The van der Waals surface area contributed by atoms with Crippen LogP contribution >= 0.6 is 0 Å². The Morgan fingerprint density at radius 1 is 1.13 bits per heavy atom. The molecule has 23 heavy (non-hydrogen) atoms. The third-order valence-corrected chi connectivity index (χ3v) is 5.00. The topological polar surface area (TPSA) is 71.8 Å². The standard InChI is InChI=1S/C17H29N5O/c1-11(2)17-20-16-9-8-15(10-22(16)21-17)19-14-6-4-13(5-7-14)18-12(3)23/h11,13-15,19H,4-10H2,1-3H3,(H,18,23)/t13?,14?,15-/m0/s1. The normalized spacial score (nSPS) is 27.7. The molecule has 2 aliphatic rings. The first kappa shape index (κ1) is 16.4. The zero-order chi connectivity index (χ0) is 16.4. The number of aryl methyl sites for hydroxylation is 1. The summed E-state index contributed by atoms with van der Waals surface area (Å²) < 4.78 is 2.10. The number of nitrogens with one attached hydrogen (secondary N) is 2. The summed E-state index contributed by atoms with van der Waals surface area (Å²) in [6, 6.07) is 1.43. The first-order valence-corrected chi connectivity index (χ1v) is 8.98. The Kier molecular flexibility index (Phi) is 4.99. The van der Waals surface area contributed by atoms with Gasteiger partial charge in [0.25, 0.3) is 0 Å². The molecule has 1 fully saturated rings. The largest absolute Gasteiger partial charge is 0.354 e. The number of carbonyl (C=O) groups excluding carboxylic acids is 1. The van der Waals surface area contributed by atoms with Crippen LogP contribution in [0.3, 0.4) is 0 Å². The number of carbonyl (C=O) groups is 1. The highest BCUT2D eigenvalue weighted by Gasteiger charge is 2.27. The summed E-state index contributed by atoms with van der Waals surface area (Å²) in [7, 11) is 0. The van der Waals surface area contributed by atoms with E-state index in [1.807, 2.05) is 0 Å². The summed E-state index contributed by atoms with van der Waals surface area (Å²) in [6.07, 6.45) is 6.60. The van der Waals surface area contributed by atoms with Gasteiger partial charge in [-0.05, 0) is 32.1 Å². The highest BCUT2D eigenvalue weighted by atomic mass is 16.1. The maximum absolute atomic E-state index is 11.1. The van der Waals surface area contributed by atoms with Crippen molar-refractivity contribution in [1.29, 1.82) is 0 Å². The molecule has 0 spiro atoms. The molecule has 1 saturated carbocycles. The van der Waals surface area contributed by atoms with E-state index >= 15 is 0 Å². The van der Waals surface area contributed by atoms with Gasteiger partial charge in [0.2, 0.25) is 5.91 Å². The third kappa shape index (κ3) is 4.10. The minimum absolute atomic E-state index is 0.0911. The Hall–Kier alpha value is -1.43. The smallest absolute Gasteiger partial charge is 0.217 e. The summed E-state index contributed by atoms with van der Waals surface area (Å²) in [4.78, 5) is 15.8. The fourth-order valence-corrected chi connectivity index (χ4v) is 3.73.